The number of methoxy groups -OCH3 is 2. The summed E-state index contributed by atoms with van der Waals surface area (Å²) in [5.74, 6) is 0.902. The topological polar surface area (TPSA) is 18.5 Å². The maximum atomic E-state index is 14.0. The lowest BCUT2D eigenvalue weighted by Gasteiger charge is -2.17. The van der Waals surface area contributed by atoms with Crippen molar-refractivity contribution in [2.75, 3.05) is 14.2 Å². The number of alkyl halides is 1. The van der Waals surface area contributed by atoms with Crippen molar-refractivity contribution in [1.82, 2.24) is 0 Å². The van der Waals surface area contributed by atoms with E-state index >= 15 is 0 Å². The third-order valence-corrected chi connectivity index (χ3v) is 3.94. The van der Waals surface area contributed by atoms with Crippen LogP contribution < -0.4 is 9.47 Å². The van der Waals surface area contributed by atoms with Gasteiger partial charge in [0.15, 0.2) is 11.5 Å². The lowest BCUT2D eigenvalue weighted by molar-refractivity contribution is 0.354. The van der Waals surface area contributed by atoms with Gasteiger partial charge in [-0.25, -0.2) is 4.39 Å². The normalized spacial score (nSPS) is 12.1. The molecule has 4 heteroatoms. The van der Waals surface area contributed by atoms with Crippen LogP contribution in [0.15, 0.2) is 30.3 Å². The second-order valence-electron chi connectivity index (χ2n) is 4.95. The van der Waals surface area contributed by atoms with Crippen molar-refractivity contribution in [1.29, 1.82) is 0 Å². The number of benzene rings is 2. The highest BCUT2D eigenvalue weighted by Crippen LogP contribution is 2.38. The monoisotopic (exact) mass is 308 g/mol. The molecule has 0 saturated carbocycles. The smallest absolute Gasteiger partial charge is 0.161 e. The van der Waals surface area contributed by atoms with E-state index in [2.05, 4.69) is 0 Å². The maximum absolute atomic E-state index is 14.0. The van der Waals surface area contributed by atoms with Crippen molar-refractivity contribution in [2.45, 2.75) is 19.2 Å². The van der Waals surface area contributed by atoms with Gasteiger partial charge in [0.1, 0.15) is 5.82 Å². The maximum Gasteiger partial charge on any atom is 0.161 e. The van der Waals surface area contributed by atoms with E-state index in [9.17, 15) is 4.39 Å². The SMILES string of the molecule is COc1cc(C)c(C(Cl)c2cc(C)ccc2F)cc1OC. The van der Waals surface area contributed by atoms with Crippen molar-refractivity contribution < 1.29 is 13.9 Å². The van der Waals surface area contributed by atoms with Gasteiger partial charge < -0.3 is 9.47 Å². The molecule has 0 amide bonds. The first-order valence-corrected chi connectivity index (χ1v) is 7.04. The van der Waals surface area contributed by atoms with Gasteiger partial charge in [-0.2, -0.15) is 0 Å². The Morgan fingerprint density at radius 3 is 2.19 bits per heavy atom. The third-order valence-electron chi connectivity index (χ3n) is 3.47. The van der Waals surface area contributed by atoms with E-state index in [0.717, 1.165) is 16.7 Å². The van der Waals surface area contributed by atoms with Crippen LogP contribution in [0, 0.1) is 19.7 Å². The molecule has 2 rings (SSSR count). The Kier molecular flexibility index (Phi) is 4.73. The first-order valence-electron chi connectivity index (χ1n) is 6.60. The number of hydrogen-bond donors (Lipinski definition) is 0. The lowest BCUT2D eigenvalue weighted by atomic mass is 9.97. The largest absolute Gasteiger partial charge is 0.493 e. The van der Waals surface area contributed by atoms with E-state index in [1.165, 1.54) is 6.07 Å². The van der Waals surface area contributed by atoms with Gasteiger partial charge in [0.25, 0.3) is 0 Å². The Morgan fingerprint density at radius 1 is 0.952 bits per heavy atom. The van der Waals surface area contributed by atoms with Crippen LogP contribution in [0.25, 0.3) is 0 Å². The van der Waals surface area contributed by atoms with Gasteiger partial charge >= 0.3 is 0 Å². The molecule has 0 heterocycles. The Balaban J connectivity index is 2.52. The van der Waals surface area contributed by atoms with Gasteiger partial charge in [-0.05, 0) is 43.2 Å². The summed E-state index contributed by atoms with van der Waals surface area (Å²) in [4.78, 5) is 0. The van der Waals surface area contributed by atoms with Crippen molar-refractivity contribution in [3.8, 4) is 11.5 Å². The highest BCUT2D eigenvalue weighted by molar-refractivity contribution is 6.22. The first-order chi connectivity index (χ1) is 9.97. The average Bonchev–Trinajstić information content (AvgIpc) is 2.48. The summed E-state index contributed by atoms with van der Waals surface area (Å²) in [7, 11) is 3.14. The molecule has 2 aromatic rings. The molecule has 0 radical (unpaired) electrons. The fourth-order valence-corrected chi connectivity index (χ4v) is 2.70. The predicted molar refractivity (Wildman–Crippen MR) is 83.1 cm³/mol. The second kappa shape index (κ2) is 6.35. The van der Waals surface area contributed by atoms with Gasteiger partial charge in [-0.1, -0.05) is 17.7 Å². The summed E-state index contributed by atoms with van der Waals surface area (Å²) in [6.45, 7) is 3.83. The molecule has 0 aromatic heterocycles. The van der Waals surface area contributed by atoms with Crippen molar-refractivity contribution in [3.05, 3.63) is 58.4 Å². The molecular formula is C17H18ClFO2. The van der Waals surface area contributed by atoms with E-state index in [1.54, 1.807) is 32.4 Å². The minimum absolute atomic E-state index is 0.310. The Hall–Kier alpha value is -1.74. The molecule has 0 fully saturated rings. The molecule has 2 nitrogen and oxygen atoms in total. The minimum atomic E-state index is -0.579. The van der Waals surface area contributed by atoms with E-state index in [-0.39, 0.29) is 5.82 Å². The minimum Gasteiger partial charge on any atom is -0.493 e. The molecule has 2 aromatic carbocycles. The van der Waals surface area contributed by atoms with Crippen molar-refractivity contribution >= 4 is 11.6 Å². The molecule has 0 aliphatic heterocycles. The third kappa shape index (κ3) is 3.13. The van der Waals surface area contributed by atoms with Crippen LogP contribution in [-0.4, -0.2) is 14.2 Å². The van der Waals surface area contributed by atoms with Gasteiger partial charge in [-0.15, -0.1) is 11.6 Å². The van der Waals surface area contributed by atoms with Gasteiger partial charge in [0.2, 0.25) is 0 Å². The molecule has 1 atom stereocenters. The average molecular weight is 309 g/mol. The van der Waals surface area contributed by atoms with Gasteiger partial charge in [0, 0.05) is 5.56 Å². The quantitative estimate of drug-likeness (QED) is 0.756. The summed E-state index contributed by atoms with van der Waals surface area (Å²) in [5.41, 5.74) is 3.16. The molecule has 0 spiro atoms. The first kappa shape index (κ1) is 15.6. The second-order valence-corrected chi connectivity index (χ2v) is 5.39. The number of rotatable bonds is 4. The molecule has 0 aliphatic carbocycles. The van der Waals surface area contributed by atoms with E-state index in [4.69, 9.17) is 21.1 Å². The molecular weight excluding hydrogens is 291 g/mol. The summed E-state index contributed by atoms with van der Waals surface area (Å²) in [6, 6.07) is 8.58. The zero-order valence-electron chi connectivity index (χ0n) is 12.5. The predicted octanol–water partition coefficient (Wildman–Crippen LogP) is 4.79. The standard InChI is InChI=1S/C17H18ClFO2/c1-10-5-6-14(19)13(7-10)17(18)12-9-16(21-4)15(20-3)8-11(12)2/h5-9,17H,1-4H3. The number of halogens is 2. The Morgan fingerprint density at radius 2 is 1.57 bits per heavy atom. The molecule has 0 aliphatic rings. The van der Waals surface area contributed by atoms with Crippen LogP contribution in [0.1, 0.15) is 27.6 Å². The van der Waals surface area contributed by atoms with Crippen molar-refractivity contribution in [2.24, 2.45) is 0 Å². The number of hydrogen-bond acceptors (Lipinski definition) is 2. The van der Waals surface area contributed by atoms with Crippen LogP contribution in [0.4, 0.5) is 4.39 Å². The van der Waals surface area contributed by atoms with E-state index in [1.807, 2.05) is 19.9 Å². The van der Waals surface area contributed by atoms with Crippen LogP contribution in [0.5, 0.6) is 11.5 Å². The van der Waals surface area contributed by atoms with E-state index < -0.39 is 5.38 Å². The van der Waals surface area contributed by atoms with Crippen LogP contribution in [0.2, 0.25) is 0 Å². The zero-order valence-corrected chi connectivity index (χ0v) is 13.3. The summed E-state index contributed by atoms with van der Waals surface area (Å²) >= 11 is 6.50. The fraction of sp³-hybridized carbons (Fsp3) is 0.294. The molecule has 0 saturated heterocycles. The highest BCUT2D eigenvalue weighted by Gasteiger charge is 2.20. The molecule has 112 valence electrons. The molecule has 0 bridgehead atoms. The van der Waals surface area contributed by atoms with Crippen molar-refractivity contribution in [3.63, 3.8) is 0 Å². The number of ether oxygens (including phenoxy) is 2. The van der Waals surface area contributed by atoms with E-state index in [0.29, 0.717) is 17.1 Å². The van der Waals surface area contributed by atoms with Crippen LogP contribution in [-0.2, 0) is 0 Å². The summed E-state index contributed by atoms with van der Waals surface area (Å²) in [5, 5.41) is -0.579. The summed E-state index contributed by atoms with van der Waals surface area (Å²) < 4.78 is 24.6. The molecule has 1 unspecified atom stereocenters. The lowest BCUT2D eigenvalue weighted by Crippen LogP contribution is -2.02. The highest BCUT2D eigenvalue weighted by atomic mass is 35.5. The molecule has 21 heavy (non-hydrogen) atoms. The van der Waals surface area contributed by atoms with Gasteiger partial charge in [0.05, 0.1) is 19.6 Å². The van der Waals surface area contributed by atoms with Gasteiger partial charge in [-0.3, -0.25) is 0 Å². The Labute approximate surface area is 129 Å². The number of aryl methyl sites for hydroxylation is 2. The zero-order chi connectivity index (χ0) is 15.6. The van der Waals surface area contributed by atoms with Crippen LogP contribution in [0.3, 0.4) is 0 Å². The van der Waals surface area contributed by atoms with Crippen LogP contribution >= 0.6 is 11.6 Å². The fourth-order valence-electron chi connectivity index (χ4n) is 2.29. The summed E-state index contributed by atoms with van der Waals surface area (Å²) in [6.07, 6.45) is 0. The molecule has 0 N–H and O–H groups in total. The Bertz CT molecular complexity index is 655.